The van der Waals surface area contributed by atoms with Crippen LogP contribution < -0.4 is 10.2 Å². The molecule has 92 valence electrons. The number of hydrogen-bond donors (Lipinski definition) is 1. The van der Waals surface area contributed by atoms with E-state index in [0.717, 1.165) is 30.9 Å². The fraction of sp³-hybridized carbons (Fsp3) is 0.500. The van der Waals surface area contributed by atoms with Crippen molar-refractivity contribution in [1.82, 2.24) is 5.32 Å². The summed E-state index contributed by atoms with van der Waals surface area (Å²) >= 11 is 0. The number of nitrogens with zero attached hydrogens (tertiary/aromatic N) is 2. The maximum atomic E-state index is 11.1. The molecule has 2 rings (SSSR count). The van der Waals surface area contributed by atoms with Gasteiger partial charge in [-0.2, -0.15) is 0 Å². The Balaban J connectivity index is 2.33. The van der Waals surface area contributed by atoms with Crippen molar-refractivity contribution in [2.75, 3.05) is 24.5 Å². The van der Waals surface area contributed by atoms with Gasteiger partial charge in [0, 0.05) is 31.7 Å². The Labute approximate surface area is 101 Å². The summed E-state index contributed by atoms with van der Waals surface area (Å²) < 4.78 is 0. The molecule has 0 aliphatic carbocycles. The molecule has 5 nitrogen and oxygen atoms in total. The SMILES string of the molecule is Cc1ccc(N2CCN[C@H](C)C2)c([N+](=O)[O-])c1. The number of anilines is 1. The predicted octanol–water partition coefficient (Wildman–Crippen LogP) is 1.70. The smallest absolute Gasteiger partial charge is 0.292 e. The van der Waals surface area contributed by atoms with Gasteiger partial charge in [0.1, 0.15) is 5.69 Å². The third-order valence-corrected chi connectivity index (χ3v) is 3.04. The van der Waals surface area contributed by atoms with E-state index < -0.39 is 0 Å². The lowest BCUT2D eigenvalue weighted by molar-refractivity contribution is -0.384. The van der Waals surface area contributed by atoms with E-state index in [1.165, 1.54) is 0 Å². The van der Waals surface area contributed by atoms with Crippen molar-refractivity contribution >= 4 is 11.4 Å². The summed E-state index contributed by atoms with van der Waals surface area (Å²) in [5, 5.41) is 14.4. The van der Waals surface area contributed by atoms with Gasteiger partial charge in [0.15, 0.2) is 0 Å². The average Bonchev–Trinajstić information content (AvgIpc) is 2.28. The summed E-state index contributed by atoms with van der Waals surface area (Å²) in [6, 6.07) is 5.78. The standard InChI is InChI=1S/C12H17N3O2/c1-9-3-4-11(12(7-9)15(16)17)14-6-5-13-10(2)8-14/h3-4,7,10,13H,5-6,8H2,1-2H3/t10-/m1/s1. The van der Waals surface area contributed by atoms with Crippen molar-refractivity contribution in [1.29, 1.82) is 0 Å². The Morgan fingerprint density at radius 2 is 2.29 bits per heavy atom. The Kier molecular flexibility index (Phi) is 3.28. The second-order valence-corrected chi connectivity index (χ2v) is 4.55. The molecule has 1 atom stereocenters. The first-order valence-corrected chi connectivity index (χ1v) is 5.81. The molecule has 17 heavy (non-hydrogen) atoms. The molecule has 1 heterocycles. The number of aryl methyl sites for hydroxylation is 1. The lowest BCUT2D eigenvalue weighted by Gasteiger charge is -2.33. The largest absolute Gasteiger partial charge is 0.363 e. The van der Waals surface area contributed by atoms with E-state index in [9.17, 15) is 10.1 Å². The summed E-state index contributed by atoms with van der Waals surface area (Å²) in [5.41, 5.74) is 1.86. The fourth-order valence-corrected chi connectivity index (χ4v) is 2.20. The molecule has 1 aliphatic rings. The number of rotatable bonds is 2. The Hall–Kier alpha value is -1.62. The molecule has 1 aliphatic heterocycles. The Bertz CT molecular complexity index is 434. The van der Waals surface area contributed by atoms with Gasteiger partial charge in [-0.15, -0.1) is 0 Å². The van der Waals surface area contributed by atoms with Crippen LogP contribution >= 0.6 is 0 Å². The molecule has 1 aromatic rings. The van der Waals surface area contributed by atoms with Crippen molar-refractivity contribution in [3.8, 4) is 0 Å². The molecule has 1 aromatic carbocycles. The molecule has 0 saturated carbocycles. The molecule has 0 amide bonds. The normalized spacial score (nSPS) is 20.4. The van der Waals surface area contributed by atoms with Crippen molar-refractivity contribution in [2.24, 2.45) is 0 Å². The summed E-state index contributed by atoms with van der Waals surface area (Å²) in [5.74, 6) is 0. The molecule has 5 heteroatoms. The molecule has 1 fully saturated rings. The van der Waals surface area contributed by atoms with E-state index in [1.807, 2.05) is 19.1 Å². The van der Waals surface area contributed by atoms with Crippen LogP contribution in [-0.2, 0) is 0 Å². The average molecular weight is 235 g/mol. The molecule has 1 N–H and O–H groups in total. The quantitative estimate of drug-likeness (QED) is 0.626. The van der Waals surface area contributed by atoms with Crippen LogP contribution in [0.3, 0.4) is 0 Å². The van der Waals surface area contributed by atoms with E-state index >= 15 is 0 Å². The Morgan fingerprint density at radius 3 is 2.94 bits per heavy atom. The van der Waals surface area contributed by atoms with Crippen LogP contribution in [0, 0.1) is 17.0 Å². The van der Waals surface area contributed by atoms with Crippen molar-refractivity contribution in [3.05, 3.63) is 33.9 Å². The topological polar surface area (TPSA) is 58.4 Å². The first kappa shape index (κ1) is 11.9. The van der Waals surface area contributed by atoms with Gasteiger partial charge in [-0.05, 0) is 25.5 Å². The van der Waals surface area contributed by atoms with Crippen molar-refractivity contribution in [2.45, 2.75) is 19.9 Å². The van der Waals surface area contributed by atoms with Crippen LogP contribution in [0.4, 0.5) is 11.4 Å². The molecule has 0 unspecified atom stereocenters. The number of benzene rings is 1. The molecular formula is C12H17N3O2. The lowest BCUT2D eigenvalue weighted by Crippen LogP contribution is -2.49. The van der Waals surface area contributed by atoms with Gasteiger partial charge in [-0.3, -0.25) is 10.1 Å². The first-order valence-electron chi connectivity index (χ1n) is 5.81. The van der Waals surface area contributed by atoms with Gasteiger partial charge in [-0.1, -0.05) is 6.07 Å². The third kappa shape index (κ3) is 2.55. The van der Waals surface area contributed by atoms with Gasteiger partial charge in [-0.25, -0.2) is 0 Å². The minimum atomic E-state index is -0.297. The van der Waals surface area contributed by atoms with Crippen molar-refractivity contribution in [3.63, 3.8) is 0 Å². The fourth-order valence-electron chi connectivity index (χ4n) is 2.20. The van der Waals surface area contributed by atoms with Gasteiger partial charge >= 0.3 is 0 Å². The lowest BCUT2D eigenvalue weighted by atomic mass is 10.1. The zero-order chi connectivity index (χ0) is 12.4. The molecule has 0 radical (unpaired) electrons. The van der Waals surface area contributed by atoms with Crippen LogP contribution in [0.25, 0.3) is 0 Å². The number of piperazine rings is 1. The van der Waals surface area contributed by atoms with E-state index in [0.29, 0.717) is 6.04 Å². The van der Waals surface area contributed by atoms with E-state index in [-0.39, 0.29) is 10.6 Å². The molecule has 0 spiro atoms. The number of nitrogens with one attached hydrogen (secondary N) is 1. The number of hydrogen-bond acceptors (Lipinski definition) is 4. The zero-order valence-electron chi connectivity index (χ0n) is 10.1. The van der Waals surface area contributed by atoms with Gasteiger partial charge in [0.2, 0.25) is 0 Å². The van der Waals surface area contributed by atoms with E-state index in [4.69, 9.17) is 0 Å². The molecule has 0 bridgehead atoms. The van der Waals surface area contributed by atoms with Gasteiger partial charge < -0.3 is 10.2 Å². The molecular weight excluding hydrogens is 218 g/mol. The summed E-state index contributed by atoms with van der Waals surface area (Å²) in [4.78, 5) is 12.8. The summed E-state index contributed by atoms with van der Waals surface area (Å²) in [7, 11) is 0. The maximum Gasteiger partial charge on any atom is 0.292 e. The van der Waals surface area contributed by atoms with Crippen LogP contribution in [0.5, 0.6) is 0 Å². The van der Waals surface area contributed by atoms with Gasteiger partial charge in [0.25, 0.3) is 5.69 Å². The summed E-state index contributed by atoms with van der Waals surface area (Å²) in [6.45, 7) is 6.45. The third-order valence-electron chi connectivity index (χ3n) is 3.04. The van der Waals surface area contributed by atoms with Crippen molar-refractivity contribution < 1.29 is 4.92 Å². The van der Waals surface area contributed by atoms with E-state index in [1.54, 1.807) is 6.07 Å². The van der Waals surface area contributed by atoms with Crippen LogP contribution in [0.1, 0.15) is 12.5 Å². The molecule has 0 aromatic heterocycles. The number of nitro benzene ring substituents is 1. The summed E-state index contributed by atoms with van der Waals surface area (Å²) in [6.07, 6.45) is 0. The Morgan fingerprint density at radius 1 is 1.53 bits per heavy atom. The minimum Gasteiger partial charge on any atom is -0.363 e. The first-order chi connectivity index (χ1) is 8.08. The number of nitro groups is 1. The predicted molar refractivity (Wildman–Crippen MR) is 67.5 cm³/mol. The highest BCUT2D eigenvalue weighted by Gasteiger charge is 2.23. The highest BCUT2D eigenvalue weighted by atomic mass is 16.6. The highest BCUT2D eigenvalue weighted by Crippen LogP contribution is 2.29. The van der Waals surface area contributed by atoms with Crippen LogP contribution in [-0.4, -0.2) is 30.6 Å². The second kappa shape index (κ2) is 4.71. The molecule has 1 saturated heterocycles. The monoisotopic (exact) mass is 235 g/mol. The second-order valence-electron chi connectivity index (χ2n) is 4.55. The van der Waals surface area contributed by atoms with Crippen LogP contribution in [0.15, 0.2) is 18.2 Å². The zero-order valence-corrected chi connectivity index (χ0v) is 10.1. The van der Waals surface area contributed by atoms with Crippen LogP contribution in [0.2, 0.25) is 0 Å². The highest BCUT2D eigenvalue weighted by molar-refractivity contribution is 5.64. The maximum absolute atomic E-state index is 11.1. The van der Waals surface area contributed by atoms with Gasteiger partial charge in [0.05, 0.1) is 4.92 Å². The minimum absolute atomic E-state index is 0.208. The van der Waals surface area contributed by atoms with E-state index in [2.05, 4.69) is 17.1 Å².